The van der Waals surface area contributed by atoms with Crippen molar-refractivity contribution in [1.29, 1.82) is 0 Å². The number of hydrogen-bond acceptors (Lipinski definition) is 4. The number of fused-ring (bicyclic) bond motifs is 1. The highest BCUT2D eigenvalue weighted by atomic mass is 16.4. The van der Waals surface area contributed by atoms with Crippen molar-refractivity contribution in [2.24, 2.45) is 5.92 Å². The van der Waals surface area contributed by atoms with E-state index in [0.717, 1.165) is 17.1 Å². The summed E-state index contributed by atoms with van der Waals surface area (Å²) in [4.78, 5) is 22.3. The van der Waals surface area contributed by atoms with Gasteiger partial charge in [0.2, 0.25) is 0 Å². The maximum Gasteiger partial charge on any atom is 0.306 e. The van der Waals surface area contributed by atoms with Crippen molar-refractivity contribution < 1.29 is 9.90 Å². The van der Waals surface area contributed by atoms with Crippen LogP contribution in [0.3, 0.4) is 0 Å². The fourth-order valence-electron chi connectivity index (χ4n) is 3.35. The Bertz CT molecular complexity index is 917. The predicted molar refractivity (Wildman–Crippen MR) is 97.5 cm³/mol. The number of carboxylic acid groups (broad SMARTS) is 1. The van der Waals surface area contributed by atoms with Crippen molar-refractivity contribution in [3.05, 3.63) is 54.9 Å². The van der Waals surface area contributed by atoms with E-state index >= 15 is 0 Å². The quantitative estimate of drug-likeness (QED) is 0.793. The standard InChI is InChI=1S/C20H19N3O2/c24-20(25)15-7-9-23(10-8-15)19-13-21-12-18(22-19)17-6-5-14-3-1-2-4-16(14)11-17/h1-6,11-13,15H,7-10H2,(H,24,25). The SMILES string of the molecule is O=C(O)C1CCN(c2cncc(-c3ccc4ccccc4c3)n2)CC1. The smallest absolute Gasteiger partial charge is 0.306 e. The highest BCUT2D eigenvalue weighted by molar-refractivity contribution is 5.86. The van der Waals surface area contributed by atoms with Crippen LogP contribution in [0.15, 0.2) is 54.9 Å². The van der Waals surface area contributed by atoms with E-state index < -0.39 is 5.97 Å². The minimum absolute atomic E-state index is 0.243. The molecule has 5 heteroatoms. The number of carboxylic acids is 1. The number of piperidine rings is 1. The first kappa shape index (κ1) is 15.6. The molecule has 0 radical (unpaired) electrons. The lowest BCUT2D eigenvalue weighted by molar-refractivity contribution is -0.142. The van der Waals surface area contributed by atoms with Crippen LogP contribution in [0.25, 0.3) is 22.0 Å². The maximum atomic E-state index is 11.1. The molecule has 2 heterocycles. The van der Waals surface area contributed by atoms with E-state index in [2.05, 4.69) is 40.2 Å². The van der Waals surface area contributed by atoms with Gasteiger partial charge < -0.3 is 10.0 Å². The minimum atomic E-state index is -0.698. The van der Waals surface area contributed by atoms with E-state index in [-0.39, 0.29) is 5.92 Å². The first-order chi connectivity index (χ1) is 12.2. The number of rotatable bonds is 3. The van der Waals surface area contributed by atoms with Crippen LogP contribution in [0.2, 0.25) is 0 Å². The molecule has 0 unspecified atom stereocenters. The summed E-state index contributed by atoms with van der Waals surface area (Å²) in [5.41, 5.74) is 1.87. The van der Waals surface area contributed by atoms with Gasteiger partial charge in [0.1, 0.15) is 5.82 Å². The molecule has 1 aromatic heterocycles. The lowest BCUT2D eigenvalue weighted by atomic mass is 9.97. The van der Waals surface area contributed by atoms with Gasteiger partial charge in [-0.2, -0.15) is 0 Å². The van der Waals surface area contributed by atoms with Gasteiger partial charge in [-0.15, -0.1) is 0 Å². The summed E-state index contributed by atoms with van der Waals surface area (Å²) in [7, 11) is 0. The second-order valence-corrected chi connectivity index (χ2v) is 6.42. The normalized spacial score (nSPS) is 15.4. The summed E-state index contributed by atoms with van der Waals surface area (Å²) in [6.07, 6.45) is 4.83. The molecule has 126 valence electrons. The third-order valence-corrected chi connectivity index (χ3v) is 4.84. The van der Waals surface area contributed by atoms with Gasteiger partial charge in [0.25, 0.3) is 0 Å². The molecular weight excluding hydrogens is 314 g/mol. The Hall–Kier alpha value is -2.95. The zero-order chi connectivity index (χ0) is 17.2. The minimum Gasteiger partial charge on any atom is -0.481 e. The highest BCUT2D eigenvalue weighted by Gasteiger charge is 2.25. The fraction of sp³-hybridized carbons (Fsp3) is 0.250. The molecule has 1 fully saturated rings. The van der Waals surface area contributed by atoms with E-state index in [1.54, 1.807) is 12.4 Å². The third kappa shape index (κ3) is 3.18. The Morgan fingerprint density at radius 1 is 1.04 bits per heavy atom. The second-order valence-electron chi connectivity index (χ2n) is 6.42. The van der Waals surface area contributed by atoms with Crippen molar-refractivity contribution >= 4 is 22.6 Å². The van der Waals surface area contributed by atoms with Crippen LogP contribution in [-0.4, -0.2) is 34.1 Å². The van der Waals surface area contributed by atoms with Gasteiger partial charge in [0.15, 0.2) is 0 Å². The molecule has 0 atom stereocenters. The van der Waals surface area contributed by atoms with Gasteiger partial charge in [-0.05, 0) is 29.7 Å². The lowest BCUT2D eigenvalue weighted by Crippen LogP contribution is -2.36. The number of anilines is 1. The Morgan fingerprint density at radius 3 is 2.56 bits per heavy atom. The second kappa shape index (κ2) is 6.51. The van der Waals surface area contributed by atoms with Crippen LogP contribution < -0.4 is 4.90 Å². The Balaban J connectivity index is 1.59. The molecule has 0 bridgehead atoms. The zero-order valence-corrected chi connectivity index (χ0v) is 13.8. The average Bonchev–Trinajstić information content (AvgIpc) is 2.68. The number of aliphatic carboxylic acids is 1. The topological polar surface area (TPSA) is 66.3 Å². The molecule has 4 rings (SSSR count). The van der Waals surface area contributed by atoms with Gasteiger partial charge >= 0.3 is 5.97 Å². The lowest BCUT2D eigenvalue weighted by Gasteiger charge is -2.30. The first-order valence-electron chi connectivity index (χ1n) is 8.50. The summed E-state index contributed by atoms with van der Waals surface area (Å²) < 4.78 is 0. The Morgan fingerprint density at radius 2 is 1.80 bits per heavy atom. The third-order valence-electron chi connectivity index (χ3n) is 4.84. The van der Waals surface area contributed by atoms with Crippen LogP contribution in [0, 0.1) is 5.92 Å². The van der Waals surface area contributed by atoms with Crippen LogP contribution in [0.1, 0.15) is 12.8 Å². The van der Waals surface area contributed by atoms with Crippen LogP contribution >= 0.6 is 0 Å². The molecule has 0 amide bonds. The van der Waals surface area contributed by atoms with Crippen molar-refractivity contribution in [1.82, 2.24) is 9.97 Å². The largest absolute Gasteiger partial charge is 0.481 e. The molecular formula is C20H19N3O2. The van der Waals surface area contributed by atoms with Crippen molar-refractivity contribution in [3.8, 4) is 11.3 Å². The van der Waals surface area contributed by atoms with E-state index in [1.165, 1.54) is 10.8 Å². The molecule has 0 saturated carbocycles. The first-order valence-corrected chi connectivity index (χ1v) is 8.50. The summed E-state index contributed by atoms with van der Waals surface area (Å²) in [6, 6.07) is 14.5. The summed E-state index contributed by atoms with van der Waals surface area (Å²) in [5.74, 6) is -0.127. The zero-order valence-electron chi connectivity index (χ0n) is 13.8. The van der Waals surface area contributed by atoms with E-state index in [1.807, 2.05) is 12.1 Å². The van der Waals surface area contributed by atoms with Gasteiger partial charge in [0, 0.05) is 18.7 Å². The maximum absolute atomic E-state index is 11.1. The van der Waals surface area contributed by atoms with Crippen molar-refractivity contribution in [3.63, 3.8) is 0 Å². The van der Waals surface area contributed by atoms with E-state index in [9.17, 15) is 4.79 Å². The van der Waals surface area contributed by atoms with Gasteiger partial charge in [-0.25, -0.2) is 4.98 Å². The molecule has 5 nitrogen and oxygen atoms in total. The monoisotopic (exact) mass is 333 g/mol. The van der Waals surface area contributed by atoms with Crippen molar-refractivity contribution in [2.45, 2.75) is 12.8 Å². The number of nitrogens with zero attached hydrogens (tertiary/aromatic N) is 3. The van der Waals surface area contributed by atoms with Crippen molar-refractivity contribution in [2.75, 3.05) is 18.0 Å². The van der Waals surface area contributed by atoms with E-state index in [4.69, 9.17) is 10.1 Å². The van der Waals surface area contributed by atoms with Crippen LogP contribution in [0.4, 0.5) is 5.82 Å². The number of aromatic nitrogens is 2. The molecule has 1 N–H and O–H groups in total. The Kier molecular flexibility index (Phi) is 4.06. The molecule has 1 aliphatic heterocycles. The predicted octanol–water partition coefficient (Wildman–Crippen LogP) is 3.60. The Labute approximate surface area is 146 Å². The summed E-state index contributed by atoms with van der Waals surface area (Å²) in [5, 5.41) is 11.5. The number of benzene rings is 2. The van der Waals surface area contributed by atoms with Gasteiger partial charge in [-0.3, -0.25) is 9.78 Å². The van der Waals surface area contributed by atoms with Gasteiger partial charge in [0.05, 0.1) is 24.0 Å². The van der Waals surface area contributed by atoms with Crippen LogP contribution in [0.5, 0.6) is 0 Å². The molecule has 0 spiro atoms. The molecule has 3 aromatic rings. The van der Waals surface area contributed by atoms with Crippen LogP contribution in [-0.2, 0) is 4.79 Å². The molecule has 1 aliphatic rings. The summed E-state index contributed by atoms with van der Waals surface area (Å²) >= 11 is 0. The number of hydrogen-bond donors (Lipinski definition) is 1. The summed E-state index contributed by atoms with van der Waals surface area (Å²) in [6.45, 7) is 1.40. The fourth-order valence-corrected chi connectivity index (χ4v) is 3.35. The molecule has 1 saturated heterocycles. The van der Waals surface area contributed by atoms with Gasteiger partial charge in [-0.1, -0.05) is 36.4 Å². The highest BCUT2D eigenvalue weighted by Crippen LogP contribution is 2.26. The molecule has 25 heavy (non-hydrogen) atoms. The number of carbonyl (C=O) groups is 1. The van der Waals surface area contributed by atoms with E-state index in [0.29, 0.717) is 25.9 Å². The molecule has 2 aromatic carbocycles. The molecule has 0 aliphatic carbocycles. The average molecular weight is 333 g/mol.